The number of hydrogen-bond acceptors (Lipinski definition) is 3. The second-order valence-electron chi connectivity index (χ2n) is 7.87. The molecule has 0 aliphatic heterocycles. The third-order valence-electron chi connectivity index (χ3n) is 6.10. The van der Waals surface area contributed by atoms with Crippen LogP contribution in [0.5, 0.6) is 0 Å². The molecular weight excluding hydrogens is 409 g/mol. The molecule has 8 heteroatoms. The molecule has 162 valence electrons. The van der Waals surface area contributed by atoms with Crippen LogP contribution < -0.4 is 10.7 Å². The number of nitrogens with zero attached hydrogens (tertiary/aromatic N) is 1. The quantitative estimate of drug-likeness (QED) is 0.646. The van der Waals surface area contributed by atoms with Crippen LogP contribution >= 0.6 is 0 Å². The number of aromatic nitrogens is 1. The van der Waals surface area contributed by atoms with Crippen LogP contribution in [0.25, 0.3) is 16.6 Å². The zero-order valence-electron chi connectivity index (χ0n) is 16.8. The summed E-state index contributed by atoms with van der Waals surface area (Å²) in [6.07, 6.45) is 4.24. The van der Waals surface area contributed by atoms with Gasteiger partial charge in [-0.2, -0.15) is 0 Å². The molecule has 1 fully saturated rings. The van der Waals surface area contributed by atoms with Crippen molar-refractivity contribution in [3.05, 3.63) is 75.3 Å². The highest BCUT2D eigenvalue weighted by Crippen LogP contribution is 2.36. The van der Waals surface area contributed by atoms with Gasteiger partial charge < -0.3 is 15.0 Å². The number of aromatic carboxylic acids is 1. The van der Waals surface area contributed by atoms with Gasteiger partial charge in [0.2, 0.25) is 5.43 Å². The van der Waals surface area contributed by atoms with Gasteiger partial charge in [-0.3, -0.25) is 4.79 Å². The predicted octanol–water partition coefficient (Wildman–Crippen LogP) is 4.35. The third kappa shape index (κ3) is 3.83. The lowest BCUT2D eigenvalue weighted by Gasteiger charge is -2.29. The molecule has 5 nitrogen and oxygen atoms in total. The number of pyridine rings is 1. The number of rotatable bonds is 4. The van der Waals surface area contributed by atoms with E-state index in [2.05, 4.69) is 5.32 Å². The minimum Gasteiger partial charge on any atom is -0.477 e. The lowest BCUT2D eigenvalue weighted by molar-refractivity contribution is 0.0695. The number of carbonyl (C=O) groups is 1. The molecule has 0 spiro atoms. The molecule has 0 unspecified atom stereocenters. The Balaban J connectivity index is 1.96. The topological polar surface area (TPSA) is 71.3 Å². The number of carboxylic acids is 1. The van der Waals surface area contributed by atoms with Crippen molar-refractivity contribution in [1.82, 2.24) is 9.88 Å². The number of fused-ring (bicyclic) bond motifs is 1. The minimum absolute atomic E-state index is 0.0743. The van der Waals surface area contributed by atoms with Crippen LogP contribution in [0.1, 0.15) is 47.5 Å². The summed E-state index contributed by atoms with van der Waals surface area (Å²) < 4.78 is 44.2. The molecule has 31 heavy (non-hydrogen) atoms. The summed E-state index contributed by atoms with van der Waals surface area (Å²) in [7, 11) is 1.89. The van der Waals surface area contributed by atoms with Gasteiger partial charge in [-0.25, -0.2) is 18.0 Å². The SMILES string of the molecule is CNC1CCC(c2cc3c(cc2F)c(=O)c(C(=O)O)cn3-c2ccc(F)cc2F)CC1. The molecular formula is C23H21F3N2O3. The number of nitrogens with one attached hydrogen (secondary N) is 1. The molecule has 0 amide bonds. The average Bonchev–Trinajstić information content (AvgIpc) is 2.74. The summed E-state index contributed by atoms with van der Waals surface area (Å²) in [6, 6.07) is 5.74. The van der Waals surface area contributed by atoms with Crippen molar-refractivity contribution in [1.29, 1.82) is 0 Å². The average molecular weight is 430 g/mol. The van der Waals surface area contributed by atoms with E-state index in [4.69, 9.17) is 0 Å². The Morgan fingerprint density at radius 1 is 1.06 bits per heavy atom. The van der Waals surface area contributed by atoms with Crippen molar-refractivity contribution in [2.24, 2.45) is 0 Å². The Bertz CT molecular complexity index is 1230. The van der Waals surface area contributed by atoms with E-state index in [1.54, 1.807) is 0 Å². The summed E-state index contributed by atoms with van der Waals surface area (Å²) in [4.78, 5) is 24.3. The van der Waals surface area contributed by atoms with Gasteiger partial charge in [-0.1, -0.05) is 0 Å². The minimum atomic E-state index is -1.52. The normalized spacial score (nSPS) is 19.0. The zero-order valence-corrected chi connectivity index (χ0v) is 16.8. The molecule has 3 aromatic rings. The Labute approximate surface area is 176 Å². The standard InChI is InChI=1S/C23H21F3N2O3/c1-27-14-5-2-12(3-6-14)15-10-21-16(9-18(15)25)22(29)17(23(30)31)11-28(21)20-7-4-13(24)8-19(20)26/h4,7-12,14,27H,2-3,5-6H2,1H3,(H,30,31). The van der Waals surface area contributed by atoms with Crippen LogP contribution in [0, 0.1) is 17.5 Å². The van der Waals surface area contributed by atoms with Gasteiger partial charge in [0, 0.05) is 23.7 Å². The monoisotopic (exact) mass is 430 g/mol. The van der Waals surface area contributed by atoms with Crippen LogP contribution in [-0.2, 0) is 0 Å². The van der Waals surface area contributed by atoms with Crippen molar-refractivity contribution >= 4 is 16.9 Å². The fraction of sp³-hybridized carbons (Fsp3) is 0.304. The second kappa shape index (κ2) is 8.19. The molecule has 2 aromatic carbocycles. The van der Waals surface area contributed by atoms with E-state index < -0.39 is 34.4 Å². The molecule has 1 aromatic heterocycles. The smallest absolute Gasteiger partial charge is 0.341 e. The largest absolute Gasteiger partial charge is 0.477 e. The molecule has 0 bridgehead atoms. The van der Waals surface area contributed by atoms with E-state index in [1.807, 2.05) is 7.05 Å². The van der Waals surface area contributed by atoms with E-state index in [0.29, 0.717) is 17.7 Å². The first-order chi connectivity index (χ1) is 14.8. The number of benzene rings is 2. The van der Waals surface area contributed by atoms with Gasteiger partial charge in [0.15, 0.2) is 0 Å². The Hall–Kier alpha value is -3.13. The molecule has 0 atom stereocenters. The highest BCUT2D eigenvalue weighted by molar-refractivity contribution is 5.93. The van der Waals surface area contributed by atoms with Crippen LogP contribution in [0.4, 0.5) is 13.2 Å². The fourth-order valence-electron chi connectivity index (χ4n) is 4.40. The van der Waals surface area contributed by atoms with Crippen molar-refractivity contribution in [2.75, 3.05) is 7.05 Å². The fourth-order valence-corrected chi connectivity index (χ4v) is 4.40. The molecule has 1 saturated carbocycles. The highest BCUT2D eigenvalue weighted by atomic mass is 19.1. The van der Waals surface area contributed by atoms with E-state index in [-0.39, 0.29) is 22.5 Å². The lowest BCUT2D eigenvalue weighted by atomic mass is 9.81. The summed E-state index contributed by atoms with van der Waals surface area (Å²) >= 11 is 0. The molecule has 4 rings (SSSR count). The molecule has 0 saturated heterocycles. The van der Waals surface area contributed by atoms with E-state index in [9.17, 15) is 23.5 Å². The first-order valence-electron chi connectivity index (χ1n) is 10.0. The maximum absolute atomic E-state index is 15.0. The molecule has 2 N–H and O–H groups in total. The van der Waals surface area contributed by atoms with Crippen LogP contribution in [-0.4, -0.2) is 28.7 Å². The van der Waals surface area contributed by atoms with E-state index >= 15 is 4.39 Å². The number of halogens is 3. The molecule has 1 aliphatic carbocycles. The summed E-state index contributed by atoms with van der Waals surface area (Å²) in [5.74, 6) is -3.90. The molecule has 1 heterocycles. The van der Waals surface area contributed by atoms with Gasteiger partial charge in [0.25, 0.3) is 0 Å². The maximum Gasteiger partial charge on any atom is 0.341 e. The highest BCUT2D eigenvalue weighted by Gasteiger charge is 2.26. The van der Waals surface area contributed by atoms with Gasteiger partial charge in [0.05, 0.1) is 11.2 Å². The van der Waals surface area contributed by atoms with Crippen molar-refractivity contribution < 1.29 is 23.1 Å². The first-order valence-corrected chi connectivity index (χ1v) is 10.0. The summed E-state index contributed by atoms with van der Waals surface area (Å²) in [5.41, 5.74) is -1.04. The lowest BCUT2D eigenvalue weighted by Crippen LogP contribution is -2.29. The Morgan fingerprint density at radius 2 is 1.77 bits per heavy atom. The van der Waals surface area contributed by atoms with Gasteiger partial charge >= 0.3 is 5.97 Å². The van der Waals surface area contributed by atoms with E-state index in [0.717, 1.165) is 50.1 Å². The van der Waals surface area contributed by atoms with Crippen LogP contribution in [0.3, 0.4) is 0 Å². The van der Waals surface area contributed by atoms with Crippen LogP contribution in [0.15, 0.2) is 41.3 Å². The van der Waals surface area contributed by atoms with Gasteiger partial charge in [-0.15, -0.1) is 0 Å². The predicted molar refractivity (Wildman–Crippen MR) is 110 cm³/mol. The molecule has 1 aliphatic rings. The van der Waals surface area contributed by atoms with E-state index in [1.165, 1.54) is 10.6 Å². The third-order valence-corrected chi connectivity index (χ3v) is 6.10. The number of hydrogen-bond donors (Lipinski definition) is 2. The van der Waals surface area contributed by atoms with Crippen molar-refractivity contribution in [2.45, 2.75) is 37.6 Å². The van der Waals surface area contributed by atoms with Gasteiger partial charge in [-0.05, 0) is 68.5 Å². The molecule has 0 radical (unpaired) electrons. The van der Waals surface area contributed by atoms with Crippen molar-refractivity contribution in [3.8, 4) is 5.69 Å². The van der Waals surface area contributed by atoms with Crippen LogP contribution in [0.2, 0.25) is 0 Å². The zero-order chi connectivity index (χ0) is 22.3. The Morgan fingerprint density at radius 3 is 2.39 bits per heavy atom. The van der Waals surface area contributed by atoms with Gasteiger partial charge in [0.1, 0.15) is 23.0 Å². The summed E-state index contributed by atoms with van der Waals surface area (Å²) in [6.45, 7) is 0. The number of carboxylic acid groups (broad SMARTS) is 1. The summed E-state index contributed by atoms with van der Waals surface area (Å²) in [5, 5.41) is 12.5. The maximum atomic E-state index is 15.0. The second-order valence-corrected chi connectivity index (χ2v) is 7.87. The Kier molecular flexibility index (Phi) is 5.58. The van der Waals surface area contributed by atoms with Crippen molar-refractivity contribution in [3.63, 3.8) is 0 Å². The first kappa shape index (κ1) is 21.1.